The Bertz CT molecular complexity index is 316. The fraction of sp³-hybridized carbons (Fsp3) is 1.00. The summed E-state index contributed by atoms with van der Waals surface area (Å²) in [5.74, 6) is -25.2. The third kappa shape index (κ3) is 2.36. The fourth-order valence-electron chi connectivity index (χ4n) is 1.10. The highest BCUT2D eigenvalue weighted by molar-refractivity contribution is 5.06. The van der Waals surface area contributed by atoms with E-state index in [9.17, 15) is 43.9 Å². The molecule has 0 N–H and O–H groups in total. The maximum Gasteiger partial charge on any atom is 0.460 e. The third-order valence-corrected chi connectivity index (χ3v) is 2.39. The molecule has 0 bridgehead atoms. The number of rotatable bonds is 5. The summed E-state index contributed by atoms with van der Waals surface area (Å²) in [6.45, 7) is 0.513. The molecule has 0 saturated carbocycles. The molecule has 0 radical (unpaired) electrons. The van der Waals surface area contributed by atoms with Crippen molar-refractivity contribution in [2.75, 3.05) is 7.11 Å². The Hall–Kier alpha value is -0.740. The first-order valence-corrected chi connectivity index (χ1v) is 4.56. The lowest BCUT2D eigenvalue weighted by Crippen LogP contribution is -2.67. The zero-order valence-electron chi connectivity index (χ0n) is 9.39. The predicted octanol–water partition coefficient (Wildman–Crippen LogP) is 4.18. The molecule has 11 heteroatoms. The molecule has 0 aromatic heterocycles. The maximum atomic E-state index is 13.3. The van der Waals surface area contributed by atoms with Gasteiger partial charge in [-0.05, 0) is 0 Å². The van der Waals surface area contributed by atoms with Gasteiger partial charge in [-0.2, -0.15) is 39.5 Å². The molecule has 1 unspecified atom stereocenters. The summed E-state index contributed by atoms with van der Waals surface area (Å²) in [4.78, 5) is 0. The van der Waals surface area contributed by atoms with E-state index in [1.165, 1.54) is 0 Å². The van der Waals surface area contributed by atoms with Crippen molar-refractivity contribution in [1.82, 2.24) is 0 Å². The third-order valence-electron chi connectivity index (χ3n) is 2.39. The zero-order valence-corrected chi connectivity index (χ0v) is 9.39. The Morgan fingerprint density at radius 3 is 1.26 bits per heavy atom. The minimum absolute atomic E-state index is 0.138. The van der Waals surface area contributed by atoms with E-state index in [1.54, 1.807) is 0 Å². The molecule has 0 amide bonds. The number of halogens is 10. The number of ether oxygens (including phenoxy) is 1. The molecule has 19 heavy (non-hydrogen) atoms. The van der Waals surface area contributed by atoms with Gasteiger partial charge in [-0.15, -0.1) is 0 Å². The van der Waals surface area contributed by atoms with Gasteiger partial charge in [0, 0.05) is 13.5 Å². The van der Waals surface area contributed by atoms with Crippen LogP contribution in [-0.4, -0.2) is 36.9 Å². The SMILES string of the molecule is CCC(F)(OC)C(F)(F)C(F)(F)C(F)(F)C(F)(F)F. The largest absolute Gasteiger partial charge is 0.460 e. The van der Waals surface area contributed by atoms with Crippen LogP contribution in [0.25, 0.3) is 0 Å². The lowest BCUT2D eigenvalue weighted by Gasteiger charge is -2.39. The molecule has 116 valence electrons. The maximum absolute atomic E-state index is 13.3. The highest BCUT2D eigenvalue weighted by atomic mass is 19.4. The summed E-state index contributed by atoms with van der Waals surface area (Å²) in [5.41, 5.74) is 0. The molecular weight excluding hydrogens is 302 g/mol. The molecule has 0 aliphatic carbocycles. The van der Waals surface area contributed by atoms with Crippen molar-refractivity contribution < 1.29 is 48.6 Å². The second-order valence-electron chi connectivity index (χ2n) is 3.51. The van der Waals surface area contributed by atoms with Crippen LogP contribution >= 0.6 is 0 Å². The summed E-state index contributed by atoms with van der Waals surface area (Å²) in [6.07, 6.45) is -8.55. The van der Waals surface area contributed by atoms with Crippen molar-refractivity contribution in [3.8, 4) is 0 Å². The first-order valence-electron chi connectivity index (χ1n) is 4.56. The van der Waals surface area contributed by atoms with Crippen molar-refractivity contribution >= 4 is 0 Å². The lowest BCUT2D eigenvalue weighted by atomic mass is 9.95. The second-order valence-corrected chi connectivity index (χ2v) is 3.51. The first-order chi connectivity index (χ1) is 8.12. The van der Waals surface area contributed by atoms with E-state index in [-0.39, 0.29) is 7.11 Å². The van der Waals surface area contributed by atoms with E-state index in [2.05, 4.69) is 4.74 Å². The molecule has 0 rings (SSSR count). The Balaban J connectivity index is 5.90. The van der Waals surface area contributed by atoms with Crippen molar-refractivity contribution in [2.24, 2.45) is 0 Å². The molecule has 0 aliphatic heterocycles. The summed E-state index contributed by atoms with van der Waals surface area (Å²) in [6, 6.07) is 0. The topological polar surface area (TPSA) is 9.23 Å². The number of alkyl halides is 10. The molecular formula is C8H8F10O. The van der Waals surface area contributed by atoms with Gasteiger partial charge in [0.2, 0.25) is 0 Å². The van der Waals surface area contributed by atoms with Gasteiger partial charge in [-0.25, -0.2) is 4.39 Å². The van der Waals surface area contributed by atoms with Gasteiger partial charge in [-0.3, -0.25) is 0 Å². The van der Waals surface area contributed by atoms with E-state index < -0.39 is 36.2 Å². The highest BCUT2D eigenvalue weighted by Crippen LogP contribution is 2.57. The van der Waals surface area contributed by atoms with Crippen LogP contribution in [0.1, 0.15) is 13.3 Å². The zero-order chi connectivity index (χ0) is 15.9. The number of hydrogen-bond donors (Lipinski definition) is 0. The van der Waals surface area contributed by atoms with Gasteiger partial charge in [0.1, 0.15) is 0 Å². The van der Waals surface area contributed by atoms with Crippen LogP contribution in [0.4, 0.5) is 43.9 Å². The Morgan fingerprint density at radius 1 is 0.684 bits per heavy atom. The summed E-state index contributed by atoms with van der Waals surface area (Å²) in [5, 5.41) is 0. The van der Waals surface area contributed by atoms with E-state index >= 15 is 0 Å². The predicted molar refractivity (Wildman–Crippen MR) is 42.0 cm³/mol. The van der Waals surface area contributed by atoms with Gasteiger partial charge in [0.25, 0.3) is 5.85 Å². The van der Waals surface area contributed by atoms with Gasteiger partial charge >= 0.3 is 23.9 Å². The van der Waals surface area contributed by atoms with Crippen molar-refractivity contribution in [2.45, 2.75) is 43.1 Å². The Morgan fingerprint density at radius 2 is 1.05 bits per heavy atom. The number of hydrogen-bond acceptors (Lipinski definition) is 1. The van der Waals surface area contributed by atoms with E-state index in [4.69, 9.17) is 0 Å². The van der Waals surface area contributed by atoms with E-state index in [0.717, 1.165) is 0 Å². The lowest BCUT2D eigenvalue weighted by molar-refractivity contribution is -0.432. The molecule has 0 aromatic carbocycles. The van der Waals surface area contributed by atoms with Crippen LogP contribution < -0.4 is 0 Å². The van der Waals surface area contributed by atoms with E-state index in [0.29, 0.717) is 6.92 Å². The second kappa shape index (κ2) is 4.67. The van der Waals surface area contributed by atoms with Gasteiger partial charge in [0.05, 0.1) is 0 Å². The monoisotopic (exact) mass is 310 g/mol. The van der Waals surface area contributed by atoms with Gasteiger partial charge in [-0.1, -0.05) is 6.92 Å². The van der Waals surface area contributed by atoms with Gasteiger partial charge in [0.15, 0.2) is 0 Å². The molecule has 0 spiro atoms. The minimum Gasteiger partial charge on any atom is -0.344 e. The minimum atomic E-state index is -7.13. The Labute approximate surface area is 100 Å². The standard InChI is InChI=1S/C8H8F10O/c1-3-4(9,19-2)5(10,11)6(12,13)7(14,15)8(16,17)18/h3H2,1-2H3. The van der Waals surface area contributed by atoms with Crippen LogP contribution in [0.15, 0.2) is 0 Å². The van der Waals surface area contributed by atoms with Crippen molar-refractivity contribution in [1.29, 1.82) is 0 Å². The molecule has 1 nitrogen and oxygen atoms in total. The van der Waals surface area contributed by atoms with Crippen LogP contribution in [-0.2, 0) is 4.74 Å². The van der Waals surface area contributed by atoms with Crippen LogP contribution in [0.2, 0.25) is 0 Å². The normalized spacial score (nSPS) is 18.3. The summed E-state index contributed by atoms with van der Waals surface area (Å²) < 4.78 is 128. The quantitative estimate of drug-likeness (QED) is 0.692. The molecule has 0 aromatic rings. The first kappa shape index (κ1) is 18.3. The molecule has 0 heterocycles. The summed E-state index contributed by atoms with van der Waals surface area (Å²) >= 11 is 0. The van der Waals surface area contributed by atoms with Crippen LogP contribution in [0.5, 0.6) is 0 Å². The average Bonchev–Trinajstić information content (AvgIpc) is 2.25. The summed E-state index contributed by atoms with van der Waals surface area (Å²) in [7, 11) is 0.138. The van der Waals surface area contributed by atoms with E-state index in [1.807, 2.05) is 0 Å². The molecule has 0 saturated heterocycles. The van der Waals surface area contributed by atoms with Crippen LogP contribution in [0, 0.1) is 0 Å². The molecule has 0 aliphatic rings. The molecule has 0 fully saturated rings. The van der Waals surface area contributed by atoms with Gasteiger partial charge < -0.3 is 4.74 Å². The molecule has 1 atom stereocenters. The Kier molecular flexibility index (Phi) is 4.49. The smallest absolute Gasteiger partial charge is 0.344 e. The van der Waals surface area contributed by atoms with Crippen molar-refractivity contribution in [3.05, 3.63) is 0 Å². The average molecular weight is 310 g/mol. The fourth-order valence-corrected chi connectivity index (χ4v) is 1.10. The van der Waals surface area contributed by atoms with Crippen LogP contribution in [0.3, 0.4) is 0 Å². The highest BCUT2D eigenvalue weighted by Gasteiger charge is 2.86. The number of methoxy groups -OCH3 is 1. The van der Waals surface area contributed by atoms with Crippen molar-refractivity contribution in [3.63, 3.8) is 0 Å².